The number of furan rings is 1. The highest BCUT2D eigenvalue weighted by atomic mass is 19.4. The number of hydrogen-bond acceptors (Lipinski definition) is 3. The van der Waals surface area contributed by atoms with Crippen molar-refractivity contribution in [1.29, 1.82) is 0 Å². The zero-order chi connectivity index (χ0) is 21.5. The number of allylic oxidation sites excluding steroid dienone is 1. The molecule has 1 fully saturated rings. The van der Waals surface area contributed by atoms with Crippen LogP contribution in [0.25, 0.3) is 11.1 Å². The number of aromatic nitrogens is 1. The topological polar surface area (TPSA) is 41.6 Å². The summed E-state index contributed by atoms with van der Waals surface area (Å²) in [5.41, 5.74) is 2.77. The fourth-order valence-corrected chi connectivity index (χ4v) is 3.80. The van der Waals surface area contributed by atoms with Crippen molar-refractivity contribution in [2.45, 2.75) is 19.6 Å². The Morgan fingerprint density at radius 3 is 2.53 bits per heavy atom. The third-order valence-electron chi connectivity index (χ3n) is 5.28. The van der Waals surface area contributed by atoms with Crippen LogP contribution in [0.2, 0.25) is 0 Å². The lowest BCUT2D eigenvalue weighted by molar-refractivity contribution is -0.137. The molecule has 0 atom stereocenters. The molecule has 30 heavy (non-hydrogen) atoms. The second-order valence-electron chi connectivity index (χ2n) is 7.57. The summed E-state index contributed by atoms with van der Waals surface area (Å²) in [6.45, 7) is 8.12. The number of amides is 1. The Kier molecular flexibility index (Phi) is 5.09. The van der Waals surface area contributed by atoms with Gasteiger partial charge in [-0.15, -0.1) is 0 Å². The lowest BCUT2D eigenvalue weighted by Gasteiger charge is -2.36. The number of hydrogen-bond donors (Lipinski definition) is 0. The molecular formula is C22H22F3N3O2. The molecule has 158 valence electrons. The highest BCUT2D eigenvalue weighted by molar-refractivity contribution is 5.97. The van der Waals surface area contributed by atoms with Gasteiger partial charge in [0.2, 0.25) is 0 Å². The van der Waals surface area contributed by atoms with Crippen molar-refractivity contribution in [2.75, 3.05) is 31.1 Å². The Balaban J connectivity index is 1.50. The van der Waals surface area contributed by atoms with Crippen LogP contribution in [0.3, 0.4) is 0 Å². The fourth-order valence-electron chi connectivity index (χ4n) is 3.80. The number of halogens is 3. The van der Waals surface area contributed by atoms with E-state index in [-0.39, 0.29) is 5.91 Å². The summed E-state index contributed by atoms with van der Waals surface area (Å²) >= 11 is 0. The summed E-state index contributed by atoms with van der Waals surface area (Å²) in [6, 6.07) is 8.85. The van der Waals surface area contributed by atoms with E-state index in [1.807, 2.05) is 22.5 Å². The molecule has 0 bridgehead atoms. The minimum atomic E-state index is -4.38. The quantitative estimate of drug-likeness (QED) is 0.573. The molecular weight excluding hydrogens is 395 g/mol. The molecule has 1 aliphatic heterocycles. The maximum Gasteiger partial charge on any atom is 0.416 e. The molecule has 0 aliphatic carbocycles. The molecule has 1 amide bonds. The average molecular weight is 417 g/mol. The molecule has 0 N–H and O–H groups in total. The van der Waals surface area contributed by atoms with E-state index in [0.29, 0.717) is 49.7 Å². The van der Waals surface area contributed by atoms with Crippen LogP contribution in [0.15, 0.2) is 59.2 Å². The fraction of sp³-hybridized carbons (Fsp3) is 0.318. The van der Waals surface area contributed by atoms with Crippen molar-refractivity contribution in [2.24, 2.45) is 0 Å². The molecule has 0 unspecified atom stereocenters. The minimum Gasteiger partial charge on any atom is -0.463 e. The standard InChI is InChI=1S/C22H22F3N3O2/c1-15(2)14-28-18-6-11-30-20(18)13-19(28)21(29)27-9-7-26(8-10-27)17-5-3-4-16(12-17)22(23,24)25/h3-6,11-13H,1,7-10,14H2,2H3. The number of anilines is 1. The molecule has 2 aromatic heterocycles. The molecule has 0 saturated carbocycles. The molecule has 3 aromatic rings. The van der Waals surface area contributed by atoms with Crippen LogP contribution in [-0.2, 0) is 12.7 Å². The molecule has 5 nitrogen and oxygen atoms in total. The Bertz CT molecular complexity index is 1090. The van der Waals surface area contributed by atoms with E-state index in [9.17, 15) is 18.0 Å². The van der Waals surface area contributed by atoms with Crippen molar-refractivity contribution < 1.29 is 22.4 Å². The van der Waals surface area contributed by atoms with E-state index >= 15 is 0 Å². The SMILES string of the molecule is C=C(C)Cn1c(C(=O)N2CCN(c3cccc(C(F)(F)F)c3)CC2)cc2occc21. The number of nitrogens with zero attached hydrogens (tertiary/aromatic N) is 3. The number of carbonyl (C=O) groups excluding carboxylic acids is 1. The monoisotopic (exact) mass is 417 g/mol. The van der Waals surface area contributed by atoms with Crippen molar-refractivity contribution in [3.05, 3.63) is 66.1 Å². The number of fused-ring (bicyclic) bond motifs is 1. The highest BCUT2D eigenvalue weighted by Gasteiger charge is 2.31. The minimum absolute atomic E-state index is 0.119. The third-order valence-corrected chi connectivity index (χ3v) is 5.28. The highest BCUT2D eigenvalue weighted by Crippen LogP contribution is 2.32. The summed E-state index contributed by atoms with van der Waals surface area (Å²) < 4.78 is 46.3. The maximum atomic E-state index is 13.2. The van der Waals surface area contributed by atoms with Crippen LogP contribution in [0, 0.1) is 0 Å². The van der Waals surface area contributed by atoms with Gasteiger partial charge in [0.1, 0.15) is 5.69 Å². The van der Waals surface area contributed by atoms with Crippen LogP contribution in [0.1, 0.15) is 23.0 Å². The smallest absolute Gasteiger partial charge is 0.416 e. The van der Waals surface area contributed by atoms with Gasteiger partial charge in [0.15, 0.2) is 5.58 Å². The zero-order valence-corrected chi connectivity index (χ0v) is 16.6. The van der Waals surface area contributed by atoms with Crippen LogP contribution in [0.4, 0.5) is 18.9 Å². The van der Waals surface area contributed by atoms with Gasteiger partial charge in [0.25, 0.3) is 5.91 Å². The van der Waals surface area contributed by atoms with Crippen molar-refractivity contribution in [1.82, 2.24) is 9.47 Å². The predicted molar refractivity (Wildman–Crippen MR) is 109 cm³/mol. The van der Waals surface area contributed by atoms with E-state index in [0.717, 1.165) is 23.2 Å². The number of carbonyl (C=O) groups is 1. The Morgan fingerprint density at radius 1 is 1.13 bits per heavy atom. The molecule has 1 aromatic carbocycles. The summed E-state index contributed by atoms with van der Waals surface area (Å²) in [5, 5.41) is 0. The number of piperazine rings is 1. The number of rotatable bonds is 4. The summed E-state index contributed by atoms with van der Waals surface area (Å²) in [4.78, 5) is 16.8. The van der Waals surface area contributed by atoms with Gasteiger partial charge in [0.05, 0.1) is 17.3 Å². The Labute approximate surface area is 172 Å². The second kappa shape index (κ2) is 7.59. The Hall–Kier alpha value is -3.16. The predicted octanol–water partition coefficient (Wildman–Crippen LogP) is 4.79. The first-order chi connectivity index (χ1) is 14.2. The van der Waals surface area contributed by atoms with E-state index in [4.69, 9.17) is 4.42 Å². The van der Waals surface area contributed by atoms with E-state index in [1.165, 1.54) is 6.07 Å². The van der Waals surface area contributed by atoms with Crippen LogP contribution in [-0.4, -0.2) is 41.6 Å². The summed E-state index contributed by atoms with van der Waals surface area (Å²) in [7, 11) is 0. The molecule has 4 rings (SSSR count). The van der Waals surface area contributed by atoms with Gasteiger partial charge >= 0.3 is 6.18 Å². The molecule has 0 radical (unpaired) electrons. The van der Waals surface area contributed by atoms with Gasteiger partial charge in [-0.05, 0) is 25.1 Å². The maximum absolute atomic E-state index is 13.2. The van der Waals surface area contributed by atoms with Gasteiger partial charge in [-0.1, -0.05) is 18.2 Å². The molecule has 0 spiro atoms. The zero-order valence-electron chi connectivity index (χ0n) is 16.6. The molecule has 1 saturated heterocycles. The largest absolute Gasteiger partial charge is 0.463 e. The average Bonchev–Trinajstić information content (AvgIpc) is 3.29. The molecule has 8 heteroatoms. The van der Waals surface area contributed by atoms with Crippen LogP contribution >= 0.6 is 0 Å². The first-order valence-electron chi connectivity index (χ1n) is 9.66. The molecule has 1 aliphatic rings. The van der Waals surface area contributed by atoms with Gasteiger partial charge in [-0.2, -0.15) is 13.2 Å². The van der Waals surface area contributed by atoms with Crippen molar-refractivity contribution in [3.63, 3.8) is 0 Å². The summed E-state index contributed by atoms with van der Waals surface area (Å²) in [6.07, 6.45) is -2.79. The van der Waals surface area contributed by atoms with Crippen molar-refractivity contribution >= 4 is 22.7 Å². The van der Waals surface area contributed by atoms with Gasteiger partial charge in [-0.25, -0.2) is 0 Å². The van der Waals surface area contributed by atoms with Gasteiger partial charge < -0.3 is 18.8 Å². The van der Waals surface area contributed by atoms with E-state index in [1.54, 1.807) is 23.3 Å². The molecule has 3 heterocycles. The van der Waals surface area contributed by atoms with Crippen LogP contribution in [0.5, 0.6) is 0 Å². The second-order valence-corrected chi connectivity index (χ2v) is 7.57. The third kappa shape index (κ3) is 3.81. The van der Waals surface area contributed by atoms with Gasteiger partial charge in [0, 0.05) is 50.5 Å². The normalized spacial score (nSPS) is 15.1. The van der Waals surface area contributed by atoms with E-state index < -0.39 is 11.7 Å². The number of benzene rings is 1. The Morgan fingerprint density at radius 2 is 1.87 bits per heavy atom. The van der Waals surface area contributed by atoms with Crippen LogP contribution < -0.4 is 4.90 Å². The summed E-state index contributed by atoms with van der Waals surface area (Å²) in [5.74, 6) is -0.119. The van der Waals surface area contributed by atoms with Gasteiger partial charge in [-0.3, -0.25) is 4.79 Å². The lowest BCUT2D eigenvalue weighted by Crippen LogP contribution is -2.49. The van der Waals surface area contributed by atoms with E-state index in [2.05, 4.69) is 6.58 Å². The first-order valence-corrected chi connectivity index (χ1v) is 9.66. The number of alkyl halides is 3. The first kappa shape index (κ1) is 20.1. The lowest BCUT2D eigenvalue weighted by atomic mass is 10.1. The van der Waals surface area contributed by atoms with Crippen molar-refractivity contribution in [3.8, 4) is 0 Å².